The highest BCUT2D eigenvalue weighted by Crippen LogP contribution is 2.20. The fourth-order valence-electron chi connectivity index (χ4n) is 4.10. The minimum absolute atomic E-state index is 0.0818. The fourth-order valence-corrected chi connectivity index (χ4v) is 4.10. The van der Waals surface area contributed by atoms with Crippen LogP contribution in [-0.2, 0) is 13.6 Å². The predicted octanol–water partition coefficient (Wildman–Crippen LogP) is 2.42. The van der Waals surface area contributed by atoms with Crippen molar-refractivity contribution in [2.45, 2.75) is 46.3 Å². The number of piperidine rings is 1. The number of aromatic nitrogens is 3. The Morgan fingerprint density at radius 1 is 1.16 bits per heavy atom. The molecule has 4 rings (SSSR count). The predicted molar refractivity (Wildman–Crippen MR) is 122 cm³/mol. The van der Waals surface area contributed by atoms with Gasteiger partial charge in [-0.25, -0.2) is 4.98 Å². The van der Waals surface area contributed by atoms with Gasteiger partial charge in [0.25, 0.3) is 11.5 Å². The Labute approximate surface area is 186 Å². The van der Waals surface area contributed by atoms with Crippen molar-refractivity contribution in [3.8, 4) is 5.75 Å². The standard InChI is InChI=1S/C24H28N4O4/c1-5-27-14-20(22(30)19-7-6-15(2)25-23(19)27)24(31)28-10-8-17(9-11-28)32-18-12-16(3)26(4)21(29)13-18/h6-7,12-14,17H,5,8-11H2,1-4H3. The molecule has 0 saturated carbocycles. The molecule has 0 aliphatic carbocycles. The normalized spacial score (nSPS) is 14.7. The van der Waals surface area contributed by atoms with Gasteiger partial charge in [-0.3, -0.25) is 14.4 Å². The molecular formula is C24H28N4O4. The highest BCUT2D eigenvalue weighted by molar-refractivity contribution is 5.97. The Bertz CT molecular complexity index is 1300. The first kappa shape index (κ1) is 21.8. The number of amides is 1. The third kappa shape index (κ3) is 4.04. The summed E-state index contributed by atoms with van der Waals surface area (Å²) in [5.74, 6) is 0.293. The van der Waals surface area contributed by atoms with Crippen molar-refractivity contribution < 1.29 is 9.53 Å². The van der Waals surface area contributed by atoms with Crippen LogP contribution in [-0.4, -0.2) is 44.1 Å². The number of carbonyl (C=O) groups excluding carboxylic acids is 1. The van der Waals surface area contributed by atoms with Gasteiger partial charge in [-0.05, 0) is 39.0 Å². The number of pyridine rings is 3. The van der Waals surface area contributed by atoms with Crippen LogP contribution in [0.5, 0.6) is 5.75 Å². The van der Waals surface area contributed by atoms with E-state index in [9.17, 15) is 14.4 Å². The highest BCUT2D eigenvalue weighted by atomic mass is 16.5. The summed E-state index contributed by atoms with van der Waals surface area (Å²) in [6.45, 7) is 7.29. The second kappa shape index (κ2) is 8.61. The van der Waals surface area contributed by atoms with Gasteiger partial charge in [0.2, 0.25) is 5.43 Å². The molecular weight excluding hydrogens is 408 g/mol. The third-order valence-corrected chi connectivity index (χ3v) is 6.14. The van der Waals surface area contributed by atoms with E-state index in [1.807, 2.05) is 31.4 Å². The maximum atomic E-state index is 13.2. The molecule has 32 heavy (non-hydrogen) atoms. The summed E-state index contributed by atoms with van der Waals surface area (Å²) in [5.41, 5.74) is 2.04. The van der Waals surface area contributed by atoms with E-state index >= 15 is 0 Å². The van der Waals surface area contributed by atoms with Crippen LogP contribution >= 0.6 is 0 Å². The first-order chi connectivity index (χ1) is 15.3. The van der Waals surface area contributed by atoms with Crippen molar-refractivity contribution in [3.63, 3.8) is 0 Å². The molecule has 0 spiro atoms. The second-order valence-corrected chi connectivity index (χ2v) is 8.32. The van der Waals surface area contributed by atoms with Crippen LogP contribution in [0.1, 0.15) is 41.5 Å². The molecule has 1 saturated heterocycles. The van der Waals surface area contributed by atoms with Crippen molar-refractivity contribution in [1.29, 1.82) is 0 Å². The van der Waals surface area contributed by atoms with E-state index in [0.29, 0.717) is 49.3 Å². The van der Waals surface area contributed by atoms with Gasteiger partial charge < -0.3 is 18.8 Å². The molecule has 1 aliphatic heterocycles. The molecule has 4 heterocycles. The zero-order chi connectivity index (χ0) is 23.0. The SMILES string of the molecule is CCn1cc(C(=O)N2CCC(Oc3cc(C)n(C)c(=O)c3)CC2)c(=O)c2ccc(C)nc21. The highest BCUT2D eigenvalue weighted by Gasteiger charge is 2.27. The molecule has 0 atom stereocenters. The Morgan fingerprint density at radius 3 is 2.53 bits per heavy atom. The summed E-state index contributed by atoms with van der Waals surface area (Å²) in [5, 5.41) is 0.461. The lowest BCUT2D eigenvalue weighted by atomic mass is 10.1. The van der Waals surface area contributed by atoms with Gasteiger partial charge in [0.1, 0.15) is 23.1 Å². The van der Waals surface area contributed by atoms with Gasteiger partial charge in [0.05, 0.1) is 5.39 Å². The lowest BCUT2D eigenvalue weighted by molar-refractivity contribution is 0.0593. The van der Waals surface area contributed by atoms with Gasteiger partial charge in [-0.15, -0.1) is 0 Å². The van der Waals surface area contributed by atoms with E-state index in [-0.39, 0.29) is 28.6 Å². The Kier molecular flexibility index (Phi) is 5.86. The van der Waals surface area contributed by atoms with Crippen molar-refractivity contribution >= 4 is 16.9 Å². The van der Waals surface area contributed by atoms with E-state index in [1.165, 1.54) is 6.07 Å². The van der Waals surface area contributed by atoms with Crippen molar-refractivity contribution in [2.24, 2.45) is 7.05 Å². The summed E-state index contributed by atoms with van der Waals surface area (Å²) >= 11 is 0. The Morgan fingerprint density at radius 2 is 1.88 bits per heavy atom. The number of hydrogen-bond donors (Lipinski definition) is 0. The van der Waals surface area contributed by atoms with Crippen molar-refractivity contribution in [1.82, 2.24) is 19.0 Å². The average Bonchev–Trinajstić information content (AvgIpc) is 2.78. The number of ether oxygens (including phenoxy) is 1. The van der Waals surface area contributed by atoms with Crippen LogP contribution < -0.4 is 15.7 Å². The number of rotatable bonds is 4. The van der Waals surface area contributed by atoms with Crippen LogP contribution in [0.2, 0.25) is 0 Å². The quantitative estimate of drug-likeness (QED) is 0.627. The third-order valence-electron chi connectivity index (χ3n) is 6.14. The molecule has 3 aromatic heterocycles. The molecule has 8 nitrogen and oxygen atoms in total. The van der Waals surface area contributed by atoms with E-state index in [1.54, 1.807) is 34.8 Å². The lowest BCUT2D eigenvalue weighted by Crippen LogP contribution is -2.43. The Balaban J connectivity index is 1.51. The zero-order valence-corrected chi connectivity index (χ0v) is 18.9. The maximum Gasteiger partial charge on any atom is 0.259 e. The van der Waals surface area contributed by atoms with Gasteiger partial charge in [0, 0.05) is 63.2 Å². The van der Waals surface area contributed by atoms with Crippen molar-refractivity contribution in [3.05, 3.63) is 68.0 Å². The Hall–Kier alpha value is -3.42. The van der Waals surface area contributed by atoms with Crippen LogP contribution in [0.15, 0.2) is 40.1 Å². The number of fused-ring (bicyclic) bond motifs is 1. The largest absolute Gasteiger partial charge is 0.490 e. The topological polar surface area (TPSA) is 86.4 Å². The molecule has 1 fully saturated rings. The first-order valence-corrected chi connectivity index (χ1v) is 10.9. The molecule has 1 amide bonds. The van der Waals surface area contributed by atoms with Crippen LogP contribution in [0.25, 0.3) is 11.0 Å². The van der Waals surface area contributed by atoms with Gasteiger partial charge >= 0.3 is 0 Å². The van der Waals surface area contributed by atoms with Crippen molar-refractivity contribution in [2.75, 3.05) is 13.1 Å². The molecule has 0 bridgehead atoms. The molecule has 168 valence electrons. The first-order valence-electron chi connectivity index (χ1n) is 10.9. The summed E-state index contributed by atoms with van der Waals surface area (Å²) in [7, 11) is 1.72. The van der Waals surface area contributed by atoms with Crippen LogP contribution in [0.4, 0.5) is 0 Å². The van der Waals surface area contributed by atoms with Gasteiger partial charge in [-0.2, -0.15) is 0 Å². The monoisotopic (exact) mass is 436 g/mol. The summed E-state index contributed by atoms with van der Waals surface area (Å²) in [6, 6.07) is 6.87. The lowest BCUT2D eigenvalue weighted by Gasteiger charge is -2.32. The second-order valence-electron chi connectivity index (χ2n) is 8.32. The summed E-state index contributed by atoms with van der Waals surface area (Å²) < 4.78 is 9.43. The number of nitrogens with zero attached hydrogens (tertiary/aromatic N) is 4. The minimum Gasteiger partial charge on any atom is -0.490 e. The molecule has 0 radical (unpaired) electrons. The molecule has 1 aliphatic rings. The number of likely N-dealkylation sites (tertiary alicyclic amines) is 1. The maximum absolute atomic E-state index is 13.2. The minimum atomic E-state index is -0.281. The van der Waals surface area contributed by atoms with Crippen LogP contribution in [0.3, 0.4) is 0 Å². The van der Waals surface area contributed by atoms with Crippen LogP contribution in [0, 0.1) is 13.8 Å². The smallest absolute Gasteiger partial charge is 0.259 e. The number of hydrogen-bond acceptors (Lipinski definition) is 5. The zero-order valence-electron chi connectivity index (χ0n) is 18.9. The van der Waals surface area contributed by atoms with Gasteiger partial charge in [0.15, 0.2) is 0 Å². The van der Waals surface area contributed by atoms with E-state index in [4.69, 9.17) is 4.74 Å². The van der Waals surface area contributed by atoms with E-state index < -0.39 is 0 Å². The number of aryl methyl sites for hydroxylation is 3. The average molecular weight is 437 g/mol. The summed E-state index contributed by atoms with van der Waals surface area (Å²) in [6.07, 6.45) is 2.82. The molecule has 3 aromatic rings. The fraction of sp³-hybridized carbons (Fsp3) is 0.417. The van der Waals surface area contributed by atoms with Gasteiger partial charge in [-0.1, -0.05) is 0 Å². The molecule has 0 N–H and O–H groups in total. The summed E-state index contributed by atoms with van der Waals surface area (Å²) in [4.78, 5) is 44.4. The molecule has 8 heteroatoms. The molecule has 0 unspecified atom stereocenters. The molecule has 0 aromatic carbocycles. The van der Waals surface area contributed by atoms with E-state index in [0.717, 1.165) is 11.4 Å². The number of carbonyl (C=O) groups is 1. The van der Waals surface area contributed by atoms with E-state index in [2.05, 4.69) is 4.98 Å².